The van der Waals surface area contributed by atoms with Crippen LogP contribution in [0.5, 0.6) is 0 Å². The highest BCUT2D eigenvalue weighted by molar-refractivity contribution is 5.68. The Morgan fingerprint density at radius 2 is 1.94 bits per heavy atom. The molecule has 0 aromatic carbocycles. The molecule has 1 N–H and O–H groups in total. The van der Waals surface area contributed by atoms with Crippen LogP contribution in [0.3, 0.4) is 0 Å². The normalized spacial score (nSPS) is 10.8. The van der Waals surface area contributed by atoms with Crippen LogP contribution in [0.15, 0.2) is 0 Å². The summed E-state index contributed by atoms with van der Waals surface area (Å²) < 4.78 is 4.99. The number of unbranched alkanes of at least 4 members (excludes halogenated alkanes) is 2. The zero-order valence-corrected chi connectivity index (χ0v) is 11.1. The molecule has 0 unspecified atom stereocenters. The maximum atomic E-state index is 10.8. The molecule has 3 heteroatoms. The van der Waals surface area contributed by atoms with Gasteiger partial charge in [0.1, 0.15) is 0 Å². The lowest BCUT2D eigenvalue weighted by Gasteiger charge is -2.07. The summed E-state index contributed by atoms with van der Waals surface area (Å²) in [5, 5.41) is 3.42. The first kappa shape index (κ1) is 15.4. The van der Waals surface area contributed by atoms with Crippen molar-refractivity contribution in [2.45, 2.75) is 52.9 Å². The predicted octanol–water partition coefficient (Wildman–Crippen LogP) is 2.75. The van der Waals surface area contributed by atoms with Crippen LogP contribution in [0.25, 0.3) is 0 Å². The van der Waals surface area contributed by atoms with Crippen molar-refractivity contribution in [1.29, 1.82) is 0 Å². The van der Waals surface area contributed by atoms with Crippen LogP contribution in [0, 0.1) is 5.92 Å². The fraction of sp³-hybridized carbons (Fsp3) is 0.923. The Morgan fingerprint density at radius 3 is 2.56 bits per heavy atom. The Labute approximate surface area is 99.9 Å². The molecule has 0 radical (unpaired) electrons. The Balaban J connectivity index is 3.01. The van der Waals surface area contributed by atoms with E-state index in [9.17, 15) is 4.79 Å². The molecular weight excluding hydrogens is 202 g/mol. The minimum absolute atomic E-state index is 0.0879. The molecule has 0 saturated carbocycles. The van der Waals surface area contributed by atoms with E-state index in [1.165, 1.54) is 12.8 Å². The Morgan fingerprint density at radius 1 is 1.19 bits per heavy atom. The molecule has 96 valence electrons. The van der Waals surface area contributed by atoms with Gasteiger partial charge in [-0.15, -0.1) is 0 Å². The van der Waals surface area contributed by atoms with Gasteiger partial charge in [0.25, 0.3) is 0 Å². The van der Waals surface area contributed by atoms with Gasteiger partial charge in [0, 0.05) is 6.42 Å². The zero-order valence-electron chi connectivity index (χ0n) is 11.1. The SMILES string of the molecule is CCC(=O)OCCCCCNCCC(C)C. The molecule has 0 atom stereocenters. The van der Waals surface area contributed by atoms with Crippen LogP contribution in [-0.2, 0) is 9.53 Å². The highest BCUT2D eigenvalue weighted by Gasteiger charge is 1.97. The number of carbonyl (C=O) groups is 1. The first-order chi connectivity index (χ1) is 7.66. The second-order valence-electron chi connectivity index (χ2n) is 4.57. The summed E-state index contributed by atoms with van der Waals surface area (Å²) in [4.78, 5) is 10.8. The summed E-state index contributed by atoms with van der Waals surface area (Å²) in [6.45, 7) is 9.07. The lowest BCUT2D eigenvalue weighted by Crippen LogP contribution is -2.18. The first-order valence-corrected chi connectivity index (χ1v) is 6.53. The average molecular weight is 229 g/mol. The number of rotatable bonds is 10. The second kappa shape index (κ2) is 10.9. The molecule has 0 spiro atoms. The molecular formula is C13H27NO2. The molecule has 0 aromatic rings. The molecule has 0 aliphatic heterocycles. The van der Waals surface area contributed by atoms with Crippen LogP contribution in [0.4, 0.5) is 0 Å². The molecule has 0 bridgehead atoms. The Hall–Kier alpha value is -0.570. The third kappa shape index (κ3) is 11.5. The van der Waals surface area contributed by atoms with E-state index in [-0.39, 0.29) is 5.97 Å². The van der Waals surface area contributed by atoms with Crippen LogP contribution < -0.4 is 5.32 Å². The fourth-order valence-corrected chi connectivity index (χ4v) is 1.33. The number of carbonyl (C=O) groups excluding carboxylic acids is 1. The number of nitrogens with one attached hydrogen (secondary N) is 1. The van der Waals surface area contributed by atoms with Crippen molar-refractivity contribution < 1.29 is 9.53 Å². The molecule has 0 rings (SSSR count). The number of ether oxygens (including phenoxy) is 1. The van der Waals surface area contributed by atoms with E-state index in [2.05, 4.69) is 19.2 Å². The van der Waals surface area contributed by atoms with Gasteiger partial charge in [0.05, 0.1) is 6.61 Å². The topological polar surface area (TPSA) is 38.3 Å². The Kier molecular flexibility index (Phi) is 10.5. The second-order valence-corrected chi connectivity index (χ2v) is 4.57. The standard InChI is InChI=1S/C13H27NO2/c1-4-13(15)16-11-7-5-6-9-14-10-8-12(2)3/h12,14H,4-11H2,1-3H3. The van der Waals surface area contributed by atoms with E-state index >= 15 is 0 Å². The van der Waals surface area contributed by atoms with Gasteiger partial charge in [-0.2, -0.15) is 0 Å². The van der Waals surface area contributed by atoms with Gasteiger partial charge < -0.3 is 10.1 Å². The van der Waals surface area contributed by atoms with Crippen LogP contribution in [0.2, 0.25) is 0 Å². The molecule has 3 nitrogen and oxygen atoms in total. The van der Waals surface area contributed by atoms with Crippen LogP contribution >= 0.6 is 0 Å². The summed E-state index contributed by atoms with van der Waals surface area (Å²) in [6, 6.07) is 0. The van der Waals surface area contributed by atoms with Gasteiger partial charge in [-0.25, -0.2) is 0 Å². The van der Waals surface area contributed by atoms with E-state index in [4.69, 9.17) is 4.74 Å². The summed E-state index contributed by atoms with van der Waals surface area (Å²) in [7, 11) is 0. The van der Waals surface area contributed by atoms with E-state index in [1.54, 1.807) is 0 Å². The molecule has 0 aliphatic carbocycles. The minimum atomic E-state index is -0.0879. The van der Waals surface area contributed by atoms with Crippen molar-refractivity contribution in [3.8, 4) is 0 Å². The number of esters is 1. The van der Waals surface area contributed by atoms with Crippen molar-refractivity contribution in [1.82, 2.24) is 5.32 Å². The van der Waals surface area contributed by atoms with Crippen molar-refractivity contribution in [2.75, 3.05) is 19.7 Å². The summed E-state index contributed by atoms with van der Waals surface area (Å²) >= 11 is 0. The van der Waals surface area contributed by atoms with Crippen LogP contribution in [0.1, 0.15) is 52.9 Å². The van der Waals surface area contributed by atoms with Gasteiger partial charge in [-0.3, -0.25) is 4.79 Å². The molecule has 0 aliphatic rings. The fourth-order valence-electron chi connectivity index (χ4n) is 1.33. The maximum absolute atomic E-state index is 10.8. The van der Waals surface area contributed by atoms with Crippen molar-refractivity contribution in [3.63, 3.8) is 0 Å². The molecule has 0 amide bonds. The van der Waals surface area contributed by atoms with Gasteiger partial charge in [-0.05, 0) is 44.7 Å². The zero-order chi connectivity index (χ0) is 12.2. The molecule has 0 heterocycles. The summed E-state index contributed by atoms with van der Waals surface area (Å²) in [5.74, 6) is 0.691. The monoisotopic (exact) mass is 229 g/mol. The van der Waals surface area contributed by atoms with E-state index < -0.39 is 0 Å². The highest BCUT2D eigenvalue weighted by atomic mass is 16.5. The Bertz CT molecular complexity index is 169. The highest BCUT2D eigenvalue weighted by Crippen LogP contribution is 1.98. The van der Waals surface area contributed by atoms with Crippen molar-refractivity contribution in [3.05, 3.63) is 0 Å². The molecule has 0 fully saturated rings. The average Bonchev–Trinajstić information content (AvgIpc) is 2.26. The van der Waals surface area contributed by atoms with Gasteiger partial charge in [0.15, 0.2) is 0 Å². The largest absolute Gasteiger partial charge is 0.466 e. The minimum Gasteiger partial charge on any atom is -0.466 e. The van der Waals surface area contributed by atoms with Crippen LogP contribution in [-0.4, -0.2) is 25.7 Å². The quantitative estimate of drug-likeness (QED) is 0.462. The lowest BCUT2D eigenvalue weighted by atomic mass is 10.1. The first-order valence-electron chi connectivity index (χ1n) is 6.53. The van der Waals surface area contributed by atoms with E-state index in [0.717, 1.165) is 31.8 Å². The number of hydrogen-bond acceptors (Lipinski definition) is 3. The summed E-state index contributed by atoms with van der Waals surface area (Å²) in [6.07, 6.45) is 5.01. The molecule has 0 saturated heterocycles. The van der Waals surface area contributed by atoms with Crippen molar-refractivity contribution >= 4 is 5.97 Å². The number of hydrogen-bond donors (Lipinski definition) is 1. The third-order valence-corrected chi connectivity index (χ3v) is 2.45. The van der Waals surface area contributed by atoms with E-state index in [0.29, 0.717) is 13.0 Å². The summed E-state index contributed by atoms with van der Waals surface area (Å²) in [5.41, 5.74) is 0. The van der Waals surface area contributed by atoms with Gasteiger partial charge in [0.2, 0.25) is 0 Å². The molecule has 16 heavy (non-hydrogen) atoms. The predicted molar refractivity (Wildman–Crippen MR) is 67.4 cm³/mol. The smallest absolute Gasteiger partial charge is 0.305 e. The maximum Gasteiger partial charge on any atom is 0.305 e. The molecule has 0 aromatic heterocycles. The van der Waals surface area contributed by atoms with Gasteiger partial charge >= 0.3 is 5.97 Å². The lowest BCUT2D eigenvalue weighted by molar-refractivity contribution is -0.143. The third-order valence-electron chi connectivity index (χ3n) is 2.45. The van der Waals surface area contributed by atoms with E-state index in [1.807, 2.05) is 6.92 Å². The van der Waals surface area contributed by atoms with Gasteiger partial charge in [-0.1, -0.05) is 20.8 Å². The van der Waals surface area contributed by atoms with Crippen molar-refractivity contribution in [2.24, 2.45) is 5.92 Å².